The molecular formula is C24H41F3. The van der Waals surface area contributed by atoms with Gasteiger partial charge in [0, 0.05) is 0 Å². The van der Waals surface area contributed by atoms with Gasteiger partial charge in [-0.15, -0.1) is 0 Å². The summed E-state index contributed by atoms with van der Waals surface area (Å²) in [4.78, 5) is 0. The molecule has 3 rings (SSSR count). The summed E-state index contributed by atoms with van der Waals surface area (Å²) in [6.45, 7) is 2.41. The largest absolute Gasteiger partial charge is 0.391 e. The first kappa shape index (κ1) is 21.5. The molecule has 0 saturated heterocycles. The molecule has 0 N–H and O–H groups in total. The van der Waals surface area contributed by atoms with Gasteiger partial charge in [-0.05, 0) is 81.0 Å². The number of unbranched alkanes of at least 4 members (excludes halogenated alkanes) is 1. The van der Waals surface area contributed by atoms with Gasteiger partial charge in [-0.2, -0.15) is 13.2 Å². The van der Waals surface area contributed by atoms with Gasteiger partial charge in [-0.1, -0.05) is 58.3 Å². The second kappa shape index (κ2) is 10.0. The smallest absolute Gasteiger partial charge is 0.171 e. The van der Waals surface area contributed by atoms with Crippen molar-refractivity contribution in [3.05, 3.63) is 0 Å². The Morgan fingerprint density at radius 3 is 1.44 bits per heavy atom. The van der Waals surface area contributed by atoms with Crippen LogP contribution in [0.5, 0.6) is 0 Å². The summed E-state index contributed by atoms with van der Waals surface area (Å²) in [5, 5.41) is 0. The van der Waals surface area contributed by atoms with Crippen LogP contribution in [0.25, 0.3) is 0 Å². The summed E-state index contributed by atoms with van der Waals surface area (Å²) in [7, 11) is 0. The fraction of sp³-hybridized carbons (Fsp3) is 1.00. The highest BCUT2D eigenvalue weighted by Crippen LogP contribution is 2.43. The molecule has 158 valence electrons. The molecule has 0 amide bonds. The van der Waals surface area contributed by atoms with Crippen molar-refractivity contribution in [2.75, 3.05) is 0 Å². The Hall–Kier alpha value is -0.210. The normalized spacial score (nSPS) is 38.7. The van der Waals surface area contributed by atoms with Crippen LogP contribution >= 0.6 is 0 Å². The molecule has 0 aromatic carbocycles. The van der Waals surface area contributed by atoms with E-state index in [1.165, 1.54) is 77.0 Å². The lowest BCUT2D eigenvalue weighted by molar-refractivity contribution is -0.184. The molecule has 0 aromatic heterocycles. The average Bonchev–Trinajstić information content (AvgIpc) is 2.66. The van der Waals surface area contributed by atoms with E-state index in [4.69, 9.17) is 0 Å². The third-order valence-electron chi connectivity index (χ3n) is 8.40. The summed E-state index contributed by atoms with van der Waals surface area (Å²) >= 11 is 0. The van der Waals surface area contributed by atoms with E-state index in [0.29, 0.717) is 18.8 Å². The maximum absolute atomic E-state index is 12.7. The van der Waals surface area contributed by atoms with Gasteiger partial charge in [-0.25, -0.2) is 0 Å². The Labute approximate surface area is 165 Å². The van der Waals surface area contributed by atoms with Crippen molar-refractivity contribution in [3.8, 4) is 0 Å². The van der Waals surface area contributed by atoms with Gasteiger partial charge in [0.1, 0.15) is 0 Å². The standard InChI is InChI=1S/C24H41F3/c1-18-6-12-21(13-7-18)22-14-8-19(9-15-22)4-2-3-5-20-10-16-23(17-11-20)24(25,26)27/h18-23H,2-17H2,1H3. The summed E-state index contributed by atoms with van der Waals surface area (Å²) < 4.78 is 38.2. The fourth-order valence-corrected chi connectivity index (χ4v) is 6.35. The predicted molar refractivity (Wildman–Crippen MR) is 107 cm³/mol. The molecule has 0 bridgehead atoms. The van der Waals surface area contributed by atoms with E-state index in [1.807, 2.05) is 0 Å². The topological polar surface area (TPSA) is 0 Å². The van der Waals surface area contributed by atoms with E-state index in [9.17, 15) is 13.2 Å². The van der Waals surface area contributed by atoms with Crippen LogP contribution in [0.15, 0.2) is 0 Å². The number of alkyl halides is 3. The lowest BCUT2D eigenvalue weighted by Crippen LogP contribution is -2.27. The van der Waals surface area contributed by atoms with Crippen LogP contribution in [0.2, 0.25) is 0 Å². The second-order valence-corrected chi connectivity index (χ2v) is 10.3. The van der Waals surface area contributed by atoms with Gasteiger partial charge in [0.25, 0.3) is 0 Å². The fourth-order valence-electron chi connectivity index (χ4n) is 6.35. The molecule has 0 nitrogen and oxygen atoms in total. The molecule has 0 spiro atoms. The lowest BCUT2D eigenvalue weighted by atomic mass is 9.69. The Balaban J connectivity index is 1.23. The minimum Gasteiger partial charge on any atom is -0.171 e. The van der Waals surface area contributed by atoms with Gasteiger partial charge in [0.15, 0.2) is 0 Å². The zero-order chi connectivity index (χ0) is 19.3. The first-order valence-electron chi connectivity index (χ1n) is 12.0. The van der Waals surface area contributed by atoms with Crippen LogP contribution in [0.3, 0.4) is 0 Å². The highest BCUT2D eigenvalue weighted by molar-refractivity contribution is 4.81. The molecule has 3 fully saturated rings. The second-order valence-electron chi connectivity index (χ2n) is 10.3. The molecule has 3 aliphatic carbocycles. The summed E-state index contributed by atoms with van der Waals surface area (Å²) in [5.74, 6) is 3.47. The van der Waals surface area contributed by atoms with Crippen molar-refractivity contribution < 1.29 is 13.2 Å². The SMILES string of the molecule is CC1CCC(C2CCC(CCCCC3CCC(C(F)(F)F)CC3)CC2)CC1. The van der Waals surface area contributed by atoms with Crippen molar-refractivity contribution in [1.82, 2.24) is 0 Å². The summed E-state index contributed by atoms with van der Waals surface area (Å²) in [6.07, 6.45) is 15.1. The monoisotopic (exact) mass is 386 g/mol. The molecule has 0 aliphatic heterocycles. The first-order chi connectivity index (χ1) is 12.9. The zero-order valence-corrected chi connectivity index (χ0v) is 17.4. The van der Waals surface area contributed by atoms with Crippen LogP contribution in [-0.2, 0) is 0 Å². The number of hydrogen-bond donors (Lipinski definition) is 0. The van der Waals surface area contributed by atoms with Crippen molar-refractivity contribution in [2.24, 2.45) is 35.5 Å². The maximum atomic E-state index is 12.7. The number of hydrogen-bond acceptors (Lipinski definition) is 0. The van der Waals surface area contributed by atoms with Crippen molar-refractivity contribution in [2.45, 2.75) is 116 Å². The molecular weight excluding hydrogens is 345 g/mol. The van der Waals surface area contributed by atoms with Crippen LogP contribution in [0, 0.1) is 35.5 Å². The Morgan fingerprint density at radius 2 is 1.00 bits per heavy atom. The van der Waals surface area contributed by atoms with Crippen LogP contribution in [0.4, 0.5) is 13.2 Å². The molecule has 0 unspecified atom stereocenters. The van der Waals surface area contributed by atoms with Crippen molar-refractivity contribution in [3.63, 3.8) is 0 Å². The Kier molecular flexibility index (Phi) is 7.97. The average molecular weight is 387 g/mol. The van der Waals surface area contributed by atoms with E-state index >= 15 is 0 Å². The van der Waals surface area contributed by atoms with Gasteiger partial charge < -0.3 is 0 Å². The third-order valence-corrected chi connectivity index (χ3v) is 8.40. The molecule has 0 heterocycles. The highest BCUT2D eigenvalue weighted by Gasteiger charge is 2.41. The van der Waals surface area contributed by atoms with Gasteiger partial charge in [-0.3, -0.25) is 0 Å². The predicted octanol–water partition coefficient (Wildman–Crippen LogP) is 8.55. The van der Waals surface area contributed by atoms with Gasteiger partial charge in [0.05, 0.1) is 5.92 Å². The maximum Gasteiger partial charge on any atom is 0.391 e. The molecule has 3 aliphatic rings. The van der Waals surface area contributed by atoms with E-state index in [0.717, 1.165) is 36.5 Å². The molecule has 3 heteroatoms. The Bertz CT molecular complexity index is 406. The first-order valence-corrected chi connectivity index (χ1v) is 12.0. The van der Waals surface area contributed by atoms with Gasteiger partial charge in [0.2, 0.25) is 0 Å². The molecule has 0 radical (unpaired) electrons. The Morgan fingerprint density at radius 1 is 0.593 bits per heavy atom. The molecule has 0 atom stereocenters. The minimum atomic E-state index is -3.96. The van der Waals surface area contributed by atoms with Gasteiger partial charge >= 0.3 is 6.18 Å². The third kappa shape index (κ3) is 6.67. The van der Waals surface area contributed by atoms with Crippen molar-refractivity contribution in [1.29, 1.82) is 0 Å². The van der Waals surface area contributed by atoms with E-state index < -0.39 is 12.1 Å². The van der Waals surface area contributed by atoms with Crippen LogP contribution < -0.4 is 0 Å². The molecule has 0 aromatic rings. The number of rotatable bonds is 6. The zero-order valence-electron chi connectivity index (χ0n) is 17.4. The number of halogens is 3. The van der Waals surface area contributed by atoms with E-state index in [2.05, 4.69) is 6.92 Å². The highest BCUT2D eigenvalue weighted by atomic mass is 19.4. The van der Waals surface area contributed by atoms with E-state index in [-0.39, 0.29) is 0 Å². The minimum absolute atomic E-state index is 0.373. The quantitative estimate of drug-likeness (QED) is 0.401. The lowest BCUT2D eigenvalue weighted by Gasteiger charge is -2.37. The summed E-state index contributed by atoms with van der Waals surface area (Å²) in [5.41, 5.74) is 0. The van der Waals surface area contributed by atoms with Crippen LogP contribution in [-0.4, -0.2) is 6.18 Å². The molecule has 3 saturated carbocycles. The van der Waals surface area contributed by atoms with Crippen LogP contribution in [0.1, 0.15) is 110 Å². The summed E-state index contributed by atoms with van der Waals surface area (Å²) in [6, 6.07) is 0. The van der Waals surface area contributed by atoms with E-state index in [1.54, 1.807) is 0 Å². The molecule has 27 heavy (non-hydrogen) atoms. The van der Waals surface area contributed by atoms with Crippen molar-refractivity contribution >= 4 is 0 Å².